The molecule has 1 aromatic rings. The molecule has 0 aromatic carbocycles. The van der Waals surface area contributed by atoms with Gasteiger partial charge < -0.3 is 14.5 Å². The molecule has 0 atom stereocenters. The number of sulfonamides is 1. The summed E-state index contributed by atoms with van der Waals surface area (Å²) in [6, 6.07) is 3.49. The van der Waals surface area contributed by atoms with Gasteiger partial charge in [0.25, 0.3) is 0 Å². The van der Waals surface area contributed by atoms with Crippen molar-refractivity contribution in [3.05, 3.63) is 24.2 Å². The van der Waals surface area contributed by atoms with Gasteiger partial charge in [-0.3, -0.25) is 4.79 Å². The van der Waals surface area contributed by atoms with E-state index in [1.165, 1.54) is 17.7 Å². The molecule has 0 spiro atoms. The third-order valence-corrected chi connectivity index (χ3v) is 3.95. The molecule has 20 heavy (non-hydrogen) atoms. The van der Waals surface area contributed by atoms with E-state index in [4.69, 9.17) is 9.15 Å². The normalized spacial score (nSPS) is 11.8. The molecule has 1 N–H and O–H groups in total. The Labute approximate surface area is 118 Å². The first-order chi connectivity index (χ1) is 9.43. The summed E-state index contributed by atoms with van der Waals surface area (Å²) in [6.07, 6.45) is 2.73. The van der Waals surface area contributed by atoms with Crippen LogP contribution in [0, 0.1) is 0 Å². The van der Waals surface area contributed by atoms with E-state index in [0.29, 0.717) is 18.9 Å². The molecule has 0 saturated carbocycles. The van der Waals surface area contributed by atoms with E-state index in [0.717, 1.165) is 6.26 Å². The molecule has 0 aliphatic rings. The number of hydrogen-bond donors (Lipinski definition) is 1. The highest BCUT2D eigenvalue weighted by Crippen LogP contribution is 2.01. The summed E-state index contributed by atoms with van der Waals surface area (Å²) in [5, 5.41) is 2.66. The van der Waals surface area contributed by atoms with Gasteiger partial charge in [0.05, 0.1) is 25.7 Å². The first-order valence-corrected chi connectivity index (χ1v) is 8.01. The minimum atomic E-state index is -3.34. The third-order valence-electron chi connectivity index (χ3n) is 2.64. The van der Waals surface area contributed by atoms with E-state index in [2.05, 4.69) is 5.32 Å². The molecular formula is C12H20N2O5S. The fourth-order valence-electron chi connectivity index (χ4n) is 1.55. The third kappa shape index (κ3) is 6.18. The molecule has 114 valence electrons. The summed E-state index contributed by atoms with van der Waals surface area (Å²) >= 11 is 0. The van der Waals surface area contributed by atoms with Crippen molar-refractivity contribution in [3.63, 3.8) is 0 Å². The summed E-state index contributed by atoms with van der Waals surface area (Å²) in [6.45, 7) is 0.955. The number of furan rings is 1. The molecule has 1 aromatic heterocycles. The van der Waals surface area contributed by atoms with Crippen LogP contribution in [0.3, 0.4) is 0 Å². The number of nitrogens with zero attached hydrogens (tertiary/aromatic N) is 1. The quantitative estimate of drug-likeness (QED) is 0.703. The van der Waals surface area contributed by atoms with Gasteiger partial charge in [0.1, 0.15) is 5.76 Å². The lowest BCUT2D eigenvalue weighted by Gasteiger charge is -2.19. The molecule has 8 heteroatoms. The number of ether oxygens (including phenoxy) is 1. The van der Waals surface area contributed by atoms with E-state index in [1.807, 2.05) is 0 Å². The highest BCUT2D eigenvalue weighted by molar-refractivity contribution is 7.88. The molecular weight excluding hydrogens is 284 g/mol. The van der Waals surface area contributed by atoms with Gasteiger partial charge >= 0.3 is 0 Å². The lowest BCUT2D eigenvalue weighted by Crippen LogP contribution is -2.36. The van der Waals surface area contributed by atoms with Crippen LogP contribution in [0.1, 0.15) is 12.2 Å². The lowest BCUT2D eigenvalue weighted by atomic mass is 10.3. The van der Waals surface area contributed by atoms with Crippen LogP contribution in [0.25, 0.3) is 0 Å². The second-order valence-corrected chi connectivity index (χ2v) is 6.24. The number of amides is 1. The first-order valence-electron chi connectivity index (χ1n) is 6.16. The zero-order valence-corrected chi connectivity index (χ0v) is 12.5. The van der Waals surface area contributed by atoms with Crippen molar-refractivity contribution >= 4 is 15.9 Å². The lowest BCUT2D eigenvalue weighted by molar-refractivity contribution is -0.121. The van der Waals surface area contributed by atoms with Crippen molar-refractivity contribution in [2.24, 2.45) is 0 Å². The summed E-state index contributed by atoms with van der Waals surface area (Å²) in [5.74, 6) is 0.421. The highest BCUT2D eigenvalue weighted by Gasteiger charge is 2.17. The number of hydrogen-bond acceptors (Lipinski definition) is 5. The van der Waals surface area contributed by atoms with Gasteiger partial charge in [-0.05, 0) is 12.1 Å². The second-order valence-electron chi connectivity index (χ2n) is 4.26. The van der Waals surface area contributed by atoms with Crippen LogP contribution in [-0.4, -0.2) is 51.7 Å². The van der Waals surface area contributed by atoms with Crippen molar-refractivity contribution in [2.75, 3.05) is 33.1 Å². The molecule has 1 amide bonds. The Morgan fingerprint density at radius 2 is 2.20 bits per heavy atom. The average Bonchev–Trinajstić information content (AvgIpc) is 2.88. The maximum absolute atomic E-state index is 11.6. The van der Waals surface area contributed by atoms with Crippen LogP contribution < -0.4 is 5.32 Å². The molecule has 1 rings (SSSR count). The summed E-state index contributed by atoms with van der Waals surface area (Å²) in [4.78, 5) is 11.6. The van der Waals surface area contributed by atoms with Gasteiger partial charge in [-0.1, -0.05) is 0 Å². The van der Waals surface area contributed by atoms with Gasteiger partial charge in [-0.15, -0.1) is 0 Å². The van der Waals surface area contributed by atoms with Gasteiger partial charge in [0, 0.05) is 26.6 Å². The Hall–Kier alpha value is -1.38. The minimum Gasteiger partial charge on any atom is -0.467 e. The molecule has 0 fully saturated rings. The fourth-order valence-corrected chi connectivity index (χ4v) is 2.38. The number of carbonyl (C=O) groups excluding carboxylic acids is 1. The number of rotatable bonds is 9. The van der Waals surface area contributed by atoms with Crippen LogP contribution in [0.15, 0.2) is 22.8 Å². The van der Waals surface area contributed by atoms with Gasteiger partial charge in [0.15, 0.2) is 0 Å². The minimum absolute atomic E-state index is 0.0947. The molecule has 0 bridgehead atoms. The summed E-state index contributed by atoms with van der Waals surface area (Å²) < 4.78 is 34.2. The van der Waals surface area contributed by atoms with Gasteiger partial charge in [-0.25, -0.2) is 8.42 Å². The SMILES string of the molecule is COCCN(CCC(=O)NCc1ccco1)S(C)(=O)=O. The molecule has 0 radical (unpaired) electrons. The van der Waals surface area contributed by atoms with Crippen LogP contribution in [-0.2, 0) is 26.1 Å². The van der Waals surface area contributed by atoms with Crippen LogP contribution >= 0.6 is 0 Å². The highest BCUT2D eigenvalue weighted by atomic mass is 32.2. The molecule has 1 heterocycles. The Bertz CT molecular complexity index is 498. The predicted molar refractivity (Wildman–Crippen MR) is 73.5 cm³/mol. The van der Waals surface area contributed by atoms with Crippen molar-refractivity contribution in [3.8, 4) is 0 Å². The molecule has 0 aliphatic carbocycles. The maximum atomic E-state index is 11.6. The largest absolute Gasteiger partial charge is 0.467 e. The summed E-state index contributed by atoms with van der Waals surface area (Å²) in [7, 11) is -1.84. The Morgan fingerprint density at radius 3 is 2.75 bits per heavy atom. The zero-order valence-electron chi connectivity index (χ0n) is 11.7. The first kappa shape index (κ1) is 16.7. The van der Waals surface area contributed by atoms with Crippen molar-refractivity contribution in [1.29, 1.82) is 0 Å². The monoisotopic (exact) mass is 304 g/mol. The number of methoxy groups -OCH3 is 1. The Kier molecular flexibility index (Phi) is 6.69. The van der Waals surface area contributed by atoms with Crippen molar-refractivity contribution in [2.45, 2.75) is 13.0 Å². The standard InChI is InChI=1S/C12H20N2O5S/c1-18-9-7-14(20(2,16)17)6-5-12(15)13-10-11-4-3-8-19-11/h3-4,8H,5-7,9-10H2,1-2H3,(H,13,15). The van der Waals surface area contributed by atoms with Crippen molar-refractivity contribution < 1.29 is 22.4 Å². The molecule has 7 nitrogen and oxygen atoms in total. The number of carbonyl (C=O) groups is 1. The molecule has 0 saturated heterocycles. The van der Waals surface area contributed by atoms with Gasteiger partial charge in [-0.2, -0.15) is 4.31 Å². The average molecular weight is 304 g/mol. The van der Waals surface area contributed by atoms with Crippen LogP contribution in [0.2, 0.25) is 0 Å². The van der Waals surface area contributed by atoms with E-state index in [1.54, 1.807) is 12.1 Å². The zero-order chi connectivity index (χ0) is 15.0. The van der Waals surface area contributed by atoms with E-state index < -0.39 is 10.0 Å². The van der Waals surface area contributed by atoms with Crippen LogP contribution in [0.4, 0.5) is 0 Å². The maximum Gasteiger partial charge on any atom is 0.221 e. The van der Waals surface area contributed by atoms with E-state index in [-0.39, 0.29) is 25.4 Å². The Balaban J connectivity index is 2.36. The summed E-state index contributed by atoms with van der Waals surface area (Å²) in [5.41, 5.74) is 0. The number of nitrogens with one attached hydrogen (secondary N) is 1. The van der Waals surface area contributed by atoms with E-state index >= 15 is 0 Å². The fraction of sp³-hybridized carbons (Fsp3) is 0.583. The van der Waals surface area contributed by atoms with E-state index in [9.17, 15) is 13.2 Å². The molecule has 0 aliphatic heterocycles. The Morgan fingerprint density at radius 1 is 1.45 bits per heavy atom. The topological polar surface area (TPSA) is 88.8 Å². The van der Waals surface area contributed by atoms with Gasteiger partial charge in [0.2, 0.25) is 15.9 Å². The predicted octanol–water partition coefficient (Wildman–Crippen LogP) is 0.194. The van der Waals surface area contributed by atoms with Crippen molar-refractivity contribution in [1.82, 2.24) is 9.62 Å². The second kappa shape index (κ2) is 8.03. The smallest absolute Gasteiger partial charge is 0.221 e. The van der Waals surface area contributed by atoms with Crippen LogP contribution in [0.5, 0.6) is 0 Å². The molecule has 0 unspecified atom stereocenters.